The minimum Gasteiger partial charge on any atom is -0.378 e. The SMILES string of the molecule is N#CC(C#N)=C/C=C/N1CCOCC1. The second kappa shape index (κ2) is 5.80. The van der Waals surface area contributed by atoms with Crippen LogP contribution in [0.5, 0.6) is 0 Å². The first kappa shape index (κ1) is 10.3. The first-order valence-electron chi connectivity index (χ1n) is 4.37. The zero-order chi connectivity index (χ0) is 10.2. The number of hydrogen-bond acceptors (Lipinski definition) is 4. The largest absolute Gasteiger partial charge is 0.378 e. The van der Waals surface area contributed by atoms with Crippen molar-refractivity contribution in [2.45, 2.75) is 0 Å². The Morgan fingerprint density at radius 2 is 1.86 bits per heavy atom. The number of nitriles is 2. The first-order valence-corrected chi connectivity index (χ1v) is 4.37. The molecule has 1 aliphatic heterocycles. The minimum absolute atomic E-state index is 0.120. The third kappa shape index (κ3) is 3.30. The lowest BCUT2D eigenvalue weighted by Crippen LogP contribution is -2.31. The summed E-state index contributed by atoms with van der Waals surface area (Å²) in [7, 11) is 0. The van der Waals surface area contributed by atoms with Crippen molar-refractivity contribution in [3.05, 3.63) is 23.9 Å². The van der Waals surface area contributed by atoms with E-state index in [1.807, 2.05) is 6.20 Å². The molecule has 0 spiro atoms. The molecule has 0 amide bonds. The Bertz CT molecular complexity index is 297. The average Bonchev–Trinajstić information content (AvgIpc) is 2.26. The van der Waals surface area contributed by atoms with E-state index in [1.54, 1.807) is 18.2 Å². The number of rotatable bonds is 2. The van der Waals surface area contributed by atoms with Crippen LogP contribution in [0.4, 0.5) is 0 Å². The van der Waals surface area contributed by atoms with E-state index in [2.05, 4.69) is 4.90 Å². The van der Waals surface area contributed by atoms with Gasteiger partial charge < -0.3 is 9.64 Å². The molecule has 1 fully saturated rings. The molecular formula is C10H11N3O. The van der Waals surface area contributed by atoms with E-state index in [1.165, 1.54) is 6.08 Å². The van der Waals surface area contributed by atoms with Crippen LogP contribution in [0, 0.1) is 22.7 Å². The maximum atomic E-state index is 8.45. The molecule has 14 heavy (non-hydrogen) atoms. The molecule has 0 radical (unpaired) electrons. The van der Waals surface area contributed by atoms with E-state index in [-0.39, 0.29) is 5.57 Å². The Hall–Kier alpha value is -1.78. The van der Waals surface area contributed by atoms with Crippen molar-refractivity contribution in [3.63, 3.8) is 0 Å². The Labute approximate surface area is 83.3 Å². The third-order valence-electron chi connectivity index (χ3n) is 1.85. The lowest BCUT2D eigenvalue weighted by molar-refractivity contribution is 0.0594. The molecule has 72 valence electrons. The van der Waals surface area contributed by atoms with Crippen molar-refractivity contribution >= 4 is 0 Å². The van der Waals surface area contributed by atoms with Crippen molar-refractivity contribution in [3.8, 4) is 12.1 Å². The van der Waals surface area contributed by atoms with Crippen LogP contribution < -0.4 is 0 Å². The van der Waals surface area contributed by atoms with Gasteiger partial charge in [0.1, 0.15) is 17.7 Å². The second-order valence-corrected chi connectivity index (χ2v) is 2.79. The number of ether oxygens (including phenoxy) is 1. The quantitative estimate of drug-likeness (QED) is 0.476. The molecule has 4 heteroatoms. The molecule has 0 aromatic carbocycles. The maximum absolute atomic E-state index is 8.45. The van der Waals surface area contributed by atoms with Crippen molar-refractivity contribution in [1.29, 1.82) is 10.5 Å². The summed E-state index contributed by atoms with van der Waals surface area (Å²) in [5, 5.41) is 16.9. The van der Waals surface area contributed by atoms with Gasteiger partial charge in [-0.25, -0.2) is 0 Å². The second-order valence-electron chi connectivity index (χ2n) is 2.79. The summed E-state index contributed by atoms with van der Waals surface area (Å²) in [5.74, 6) is 0. The van der Waals surface area contributed by atoms with Crippen molar-refractivity contribution in [2.75, 3.05) is 26.3 Å². The van der Waals surface area contributed by atoms with Gasteiger partial charge in [-0.05, 0) is 18.4 Å². The standard InChI is InChI=1S/C10H11N3O/c11-8-10(9-12)2-1-3-13-4-6-14-7-5-13/h1-3H,4-7H2/b3-1+. The van der Waals surface area contributed by atoms with E-state index < -0.39 is 0 Å². The summed E-state index contributed by atoms with van der Waals surface area (Å²) >= 11 is 0. The minimum atomic E-state index is 0.120. The van der Waals surface area contributed by atoms with Crippen LogP contribution in [0.1, 0.15) is 0 Å². The maximum Gasteiger partial charge on any atom is 0.129 e. The Balaban J connectivity index is 2.44. The average molecular weight is 189 g/mol. The van der Waals surface area contributed by atoms with Crippen molar-refractivity contribution in [2.24, 2.45) is 0 Å². The lowest BCUT2D eigenvalue weighted by atomic mass is 10.3. The summed E-state index contributed by atoms with van der Waals surface area (Å²) in [6, 6.07) is 3.59. The van der Waals surface area contributed by atoms with Crippen molar-refractivity contribution in [1.82, 2.24) is 4.90 Å². The number of nitrogens with zero attached hydrogens (tertiary/aromatic N) is 3. The zero-order valence-corrected chi connectivity index (χ0v) is 7.81. The molecule has 1 heterocycles. The van der Waals surface area contributed by atoms with E-state index in [9.17, 15) is 0 Å². The van der Waals surface area contributed by atoms with Gasteiger partial charge in [-0.15, -0.1) is 0 Å². The molecule has 0 saturated carbocycles. The van der Waals surface area contributed by atoms with Gasteiger partial charge >= 0.3 is 0 Å². The fourth-order valence-electron chi connectivity index (χ4n) is 1.09. The van der Waals surface area contributed by atoms with Crippen LogP contribution in [-0.4, -0.2) is 31.2 Å². The van der Waals surface area contributed by atoms with Crippen LogP contribution in [0.3, 0.4) is 0 Å². The number of hydrogen-bond donors (Lipinski definition) is 0. The molecule has 1 rings (SSSR count). The third-order valence-corrected chi connectivity index (χ3v) is 1.85. The van der Waals surface area contributed by atoms with Gasteiger partial charge in [0.05, 0.1) is 13.2 Å². The number of morpholine rings is 1. The molecule has 4 nitrogen and oxygen atoms in total. The summed E-state index contributed by atoms with van der Waals surface area (Å²) in [6.45, 7) is 3.19. The molecule has 0 N–H and O–H groups in total. The highest BCUT2D eigenvalue weighted by Crippen LogP contribution is 1.98. The van der Waals surface area contributed by atoms with Crippen LogP contribution in [0.2, 0.25) is 0 Å². The molecule has 0 aromatic rings. The van der Waals surface area contributed by atoms with Crippen molar-refractivity contribution < 1.29 is 4.74 Å². The van der Waals surface area contributed by atoms with Gasteiger partial charge in [-0.2, -0.15) is 10.5 Å². The molecule has 0 aliphatic carbocycles. The van der Waals surface area contributed by atoms with E-state index in [0.717, 1.165) is 26.3 Å². The van der Waals surface area contributed by atoms with Gasteiger partial charge in [-0.1, -0.05) is 0 Å². The Morgan fingerprint density at radius 3 is 2.43 bits per heavy atom. The highest BCUT2D eigenvalue weighted by Gasteiger charge is 2.04. The topological polar surface area (TPSA) is 60.0 Å². The fraction of sp³-hybridized carbons (Fsp3) is 0.400. The molecular weight excluding hydrogens is 178 g/mol. The van der Waals surface area contributed by atoms with Gasteiger partial charge in [0.2, 0.25) is 0 Å². The molecule has 1 saturated heterocycles. The normalized spacial score (nSPS) is 16.0. The van der Waals surface area contributed by atoms with Gasteiger partial charge in [0, 0.05) is 13.1 Å². The fourth-order valence-corrected chi connectivity index (χ4v) is 1.09. The van der Waals surface area contributed by atoms with Crippen LogP contribution in [-0.2, 0) is 4.74 Å². The highest BCUT2D eigenvalue weighted by molar-refractivity contribution is 5.37. The van der Waals surface area contributed by atoms with Gasteiger partial charge in [0.15, 0.2) is 0 Å². The summed E-state index contributed by atoms with van der Waals surface area (Å²) in [4.78, 5) is 2.09. The van der Waals surface area contributed by atoms with Gasteiger partial charge in [-0.3, -0.25) is 0 Å². The lowest BCUT2D eigenvalue weighted by Gasteiger charge is -2.24. The van der Waals surface area contributed by atoms with Crippen LogP contribution in [0.25, 0.3) is 0 Å². The smallest absolute Gasteiger partial charge is 0.129 e. The summed E-state index contributed by atoms with van der Waals surface area (Å²) < 4.78 is 5.17. The zero-order valence-electron chi connectivity index (χ0n) is 7.81. The van der Waals surface area contributed by atoms with E-state index >= 15 is 0 Å². The molecule has 0 unspecified atom stereocenters. The Kier molecular flexibility index (Phi) is 4.26. The summed E-state index contributed by atoms with van der Waals surface area (Å²) in [6.07, 6.45) is 5.10. The van der Waals surface area contributed by atoms with E-state index in [0.29, 0.717) is 0 Å². The van der Waals surface area contributed by atoms with Gasteiger partial charge in [0.25, 0.3) is 0 Å². The predicted octanol–water partition coefficient (Wildman–Crippen LogP) is 0.806. The summed E-state index contributed by atoms with van der Waals surface area (Å²) in [5.41, 5.74) is 0.120. The Morgan fingerprint density at radius 1 is 1.21 bits per heavy atom. The highest BCUT2D eigenvalue weighted by atomic mass is 16.5. The number of allylic oxidation sites excluding steroid dienone is 3. The molecule has 0 aromatic heterocycles. The first-order chi connectivity index (χ1) is 6.86. The molecule has 0 bridgehead atoms. The van der Waals surface area contributed by atoms with Crippen LogP contribution >= 0.6 is 0 Å². The van der Waals surface area contributed by atoms with Crippen LogP contribution in [0.15, 0.2) is 23.9 Å². The molecule has 0 atom stereocenters. The molecule has 1 aliphatic rings. The van der Waals surface area contributed by atoms with E-state index in [4.69, 9.17) is 15.3 Å². The predicted molar refractivity (Wildman–Crippen MR) is 50.8 cm³/mol. The monoisotopic (exact) mass is 189 g/mol.